The predicted molar refractivity (Wildman–Crippen MR) is 76.1 cm³/mol. The van der Waals surface area contributed by atoms with Crippen molar-refractivity contribution in [2.24, 2.45) is 0 Å². The number of amides is 1. The van der Waals surface area contributed by atoms with Crippen LogP contribution in [0.2, 0.25) is 0 Å². The molecule has 1 heterocycles. The molecule has 0 bridgehead atoms. The molecule has 0 saturated carbocycles. The average Bonchev–Trinajstić information content (AvgIpc) is 2.91. The van der Waals surface area contributed by atoms with Gasteiger partial charge in [0.2, 0.25) is 5.91 Å². The zero-order chi connectivity index (χ0) is 13.7. The molecule has 0 radical (unpaired) electrons. The number of hydrogen-bond donors (Lipinski definition) is 1. The number of aryl methyl sites for hydroxylation is 2. The number of carbonyl (C=O) groups is 1. The van der Waals surface area contributed by atoms with Gasteiger partial charge in [-0.05, 0) is 24.0 Å². The Kier molecular flexibility index (Phi) is 4.34. The van der Waals surface area contributed by atoms with E-state index in [4.69, 9.17) is 0 Å². The lowest BCUT2D eigenvalue weighted by Gasteiger charge is -2.14. The molecule has 1 aromatic heterocycles. The van der Waals surface area contributed by atoms with Gasteiger partial charge in [-0.15, -0.1) is 0 Å². The zero-order valence-electron chi connectivity index (χ0n) is 11.4. The smallest absolute Gasteiger partial charge is 0.244 e. The van der Waals surface area contributed by atoms with Crippen LogP contribution in [0.5, 0.6) is 0 Å². The first-order valence-electron chi connectivity index (χ1n) is 6.61. The first-order chi connectivity index (χ1) is 9.24. The van der Waals surface area contributed by atoms with Gasteiger partial charge < -0.3 is 9.88 Å². The summed E-state index contributed by atoms with van der Waals surface area (Å²) in [5.41, 5.74) is 3.33. The fourth-order valence-corrected chi connectivity index (χ4v) is 2.13. The van der Waals surface area contributed by atoms with Crippen LogP contribution < -0.4 is 5.32 Å². The fraction of sp³-hybridized carbons (Fsp3) is 0.333. The molecule has 2 aromatic rings. The van der Waals surface area contributed by atoms with Crippen molar-refractivity contribution in [3.05, 3.63) is 48.0 Å². The van der Waals surface area contributed by atoms with Crippen LogP contribution in [0, 0.1) is 0 Å². The van der Waals surface area contributed by atoms with Gasteiger partial charge in [0.05, 0.1) is 6.33 Å². The maximum atomic E-state index is 12.1. The molecule has 1 amide bonds. The highest BCUT2D eigenvalue weighted by Crippen LogP contribution is 2.22. The first-order valence-corrected chi connectivity index (χ1v) is 6.61. The molecule has 0 aliphatic carbocycles. The SMILES string of the molecule is CCc1cccc(CC)c1NC(=O)Cn1ccnc1. The van der Waals surface area contributed by atoms with Gasteiger partial charge >= 0.3 is 0 Å². The van der Waals surface area contributed by atoms with E-state index in [0.717, 1.165) is 18.5 Å². The minimum absolute atomic E-state index is 0.0198. The molecule has 0 saturated heterocycles. The summed E-state index contributed by atoms with van der Waals surface area (Å²) >= 11 is 0. The Balaban J connectivity index is 2.15. The molecule has 0 spiro atoms. The van der Waals surface area contributed by atoms with E-state index in [2.05, 4.69) is 36.3 Å². The van der Waals surface area contributed by atoms with Crippen LogP contribution in [-0.2, 0) is 24.2 Å². The van der Waals surface area contributed by atoms with Gasteiger partial charge in [0, 0.05) is 18.1 Å². The second-order valence-corrected chi connectivity index (χ2v) is 4.44. The zero-order valence-corrected chi connectivity index (χ0v) is 11.4. The molecule has 4 nitrogen and oxygen atoms in total. The summed E-state index contributed by atoms with van der Waals surface area (Å²) in [6.45, 7) is 4.49. The monoisotopic (exact) mass is 257 g/mol. The Morgan fingerprint density at radius 1 is 1.26 bits per heavy atom. The maximum Gasteiger partial charge on any atom is 0.244 e. The maximum absolute atomic E-state index is 12.1. The number of anilines is 1. The van der Waals surface area contributed by atoms with Crippen LogP contribution in [-0.4, -0.2) is 15.5 Å². The topological polar surface area (TPSA) is 46.9 Å². The van der Waals surface area contributed by atoms with E-state index < -0.39 is 0 Å². The summed E-state index contributed by atoms with van der Waals surface area (Å²) < 4.78 is 1.76. The molecule has 100 valence electrons. The van der Waals surface area contributed by atoms with Crippen molar-refractivity contribution < 1.29 is 4.79 Å². The lowest BCUT2D eigenvalue weighted by molar-refractivity contribution is -0.116. The summed E-state index contributed by atoms with van der Waals surface area (Å²) in [5, 5.41) is 3.03. The second kappa shape index (κ2) is 6.18. The van der Waals surface area contributed by atoms with Crippen molar-refractivity contribution >= 4 is 11.6 Å². The van der Waals surface area contributed by atoms with Crippen molar-refractivity contribution in [3.8, 4) is 0 Å². The summed E-state index contributed by atoms with van der Waals surface area (Å²) in [6.07, 6.45) is 6.92. The highest BCUT2D eigenvalue weighted by atomic mass is 16.1. The van der Waals surface area contributed by atoms with E-state index in [9.17, 15) is 4.79 Å². The summed E-state index contributed by atoms with van der Waals surface area (Å²) in [4.78, 5) is 16.0. The number of nitrogens with zero attached hydrogens (tertiary/aromatic N) is 2. The molecular formula is C15H19N3O. The number of benzene rings is 1. The van der Waals surface area contributed by atoms with Gasteiger partial charge in [-0.3, -0.25) is 4.79 Å². The van der Waals surface area contributed by atoms with Gasteiger partial charge in [0.15, 0.2) is 0 Å². The molecule has 2 rings (SSSR count). The Morgan fingerprint density at radius 2 is 1.95 bits per heavy atom. The van der Waals surface area contributed by atoms with E-state index in [1.807, 2.05) is 6.07 Å². The van der Waals surface area contributed by atoms with E-state index in [1.165, 1.54) is 11.1 Å². The van der Waals surface area contributed by atoms with Crippen LogP contribution >= 0.6 is 0 Å². The van der Waals surface area contributed by atoms with Gasteiger partial charge in [0.1, 0.15) is 6.54 Å². The van der Waals surface area contributed by atoms with E-state index in [-0.39, 0.29) is 5.91 Å². The number of aromatic nitrogens is 2. The van der Waals surface area contributed by atoms with Gasteiger partial charge in [-0.25, -0.2) is 4.98 Å². The van der Waals surface area contributed by atoms with Gasteiger partial charge in [-0.2, -0.15) is 0 Å². The molecule has 1 N–H and O–H groups in total. The predicted octanol–water partition coefficient (Wildman–Crippen LogP) is 2.65. The standard InChI is InChI=1S/C15H19N3O/c1-3-12-6-5-7-13(4-2)15(12)17-14(19)10-18-9-8-16-11-18/h5-9,11H,3-4,10H2,1-2H3,(H,17,19). The van der Waals surface area contributed by atoms with Crippen molar-refractivity contribution in [3.63, 3.8) is 0 Å². The normalized spacial score (nSPS) is 10.4. The number of rotatable bonds is 5. The third kappa shape index (κ3) is 3.22. The highest BCUT2D eigenvalue weighted by Gasteiger charge is 2.10. The highest BCUT2D eigenvalue weighted by molar-refractivity contribution is 5.92. The Hall–Kier alpha value is -2.10. The molecule has 0 fully saturated rings. The van der Waals surface area contributed by atoms with Crippen LogP contribution in [0.3, 0.4) is 0 Å². The summed E-state index contributed by atoms with van der Waals surface area (Å²) in [7, 11) is 0. The van der Waals surface area contributed by atoms with Crippen LogP contribution in [0.25, 0.3) is 0 Å². The van der Waals surface area contributed by atoms with Crippen LogP contribution in [0.1, 0.15) is 25.0 Å². The quantitative estimate of drug-likeness (QED) is 0.895. The van der Waals surface area contributed by atoms with Gasteiger partial charge in [0.25, 0.3) is 0 Å². The molecule has 0 aliphatic heterocycles. The number of carbonyl (C=O) groups excluding carboxylic acids is 1. The average molecular weight is 257 g/mol. The van der Waals surface area contributed by atoms with Crippen molar-refractivity contribution in [2.45, 2.75) is 33.2 Å². The molecule has 1 aromatic carbocycles. The van der Waals surface area contributed by atoms with Crippen molar-refractivity contribution in [1.82, 2.24) is 9.55 Å². The molecule has 0 atom stereocenters. The second-order valence-electron chi connectivity index (χ2n) is 4.44. The number of imidazole rings is 1. The number of hydrogen-bond acceptors (Lipinski definition) is 2. The molecular weight excluding hydrogens is 238 g/mol. The third-order valence-corrected chi connectivity index (χ3v) is 3.15. The van der Waals surface area contributed by atoms with E-state index >= 15 is 0 Å². The van der Waals surface area contributed by atoms with Gasteiger partial charge in [-0.1, -0.05) is 32.0 Å². The van der Waals surface area contributed by atoms with Crippen LogP contribution in [0.4, 0.5) is 5.69 Å². The van der Waals surface area contributed by atoms with E-state index in [1.54, 1.807) is 23.3 Å². The van der Waals surface area contributed by atoms with Crippen molar-refractivity contribution in [1.29, 1.82) is 0 Å². The summed E-state index contributed by atoms with van der Waals surface area (Å²) in [6, 6.07) is 6.17. The molecule has 0 unspecified atom stereocenters. The number of nitrogens with one attached hydrogen (secondary N) is 1. The lowest BCUT2D eigenvalue weighted by Crippen LogP contribution is -2.19. The molecule has 0 aliphatic rings. The Morgan fingerprint density at radius 3 is 2.47 bits per heavy atom. The third-order valence-electron chi connectivity index (χ3n) is 3.15. The first kappa shape index (κ1) is 13.3. The fourth-order valence-electron chi connectivity index (χ4n) is 2.13. The molecule has 19 heavy (non-hydrogen) atoms. The minimum atomic E-state index is -0.0198. The Labute approximate surface area is 113 Å². The molecule has 4 heteroatoms. The number of para-hydroxylation sites is 1. The van der Waals surface area contributed by atoms with Crippen LogP contribution in [0.15, 0.2) is 36.9 Å². The largest absolute Gasteiger partial charge is 0.328 e. The van der Waals surface area contributed by atoms with Crippen molar-refractivity contribution in [2.75, 3.05) is 5.32 Å². The Bertz CT molecular complexity index is 524. The summed E-state index contributed by atoms with van der Waals surface area (Å²) in [5.74, 6) is -0.0198. The lowest BCUT2D eigenvalue weighted by atomic mass is 10.0. The van der Waals surface area contributed by atoms with E-state index in [0.29, 0.717) is 6.54 Å². The minimum Gasteiger partial charge on any atom is -0.328 e.